The molecule has 3 aromatic carbocycles. The van der Waals surface area contributed by atoms with E-state index in [0.29, 0.717) is 39.2 Å². The molecule has 0 atom stereocenters. The Balaban J connectivity index is 1.50. The lowest BCUT2D eigenvalue weighted by molar-refractivity contribution is 0.0704. The third kappa shape index (κ3) is 3.67. The Bertz CT molecular complexity index is 1570. The molecule has 0 saturated heterocycles. The van der Waals surface area contributed by atoms with E-state index in [2.05, 4.69) is 0 Å². The zero-order chi connectivity index (χ0) is 23.8. The minimum absolute atomic E-state index is 0.0859. The minimum Gasteiger partial charge on any atom is -0.493 e. The maximum Gasteiger partial charge on any atom is 0.379 e. The van der Waals surface area contributed by atoms with Crippen LogP contribution in [0.1, 0.15) is 16.1 Å². The van der Waals surface area contributed by atoms with E-state index in [1.54, 1.807) is 49.6 Å². The number of carbonyl (C=O) groups is 1. The molecule has 7 heteroatoms. The molecule has 0 fully saturated rings. The number of hydrogen-bond donors (Lipinski definition) is 0. The highest BCUT2D eigenvalue weighted by atomic mass is 16.5. The van der Waals surface area contributed by atoms with E-state index in [4.69, 9.17) is 23.0 Å². The molecule has 0 N–H and O–H groups in total. The van der Waals surface area contributed by atoms with Gasteiger partial charge >= 0.3 is 11.6 Å². The van der Waals surface area contributed by atoms with Crippen LogP contribution in [0.15, 0.2) is 80.4 Å². The Morgan fingerprint density at radius 3 is 2.38 bits per heavy atom. The van der Waals surface area contributed by atoms with Gasteiger partial charge in [-0.25, -0.2) is 9.59 Å². The SMILES string of the molecule is COc1ccc(-c2c(C)c3ccc(OC(=O)c4cc5ccccc5o4)cc3oc2=O)cc1OC. The zero-order valence-electron chi connectivity index (χ0n) is 18.7. The van der Waals surface area contributed by atoms with Gasteiger partial charge in [-0.3, -0.25) is 0 Å². The lowest BCUT2D eigenvalue weighted by Gasteiger charge is -2.12. The summed E-state index contributed by atoms with van der Waals surface area (Å²) in [6.07, 6.45) is 0. The lowest BCUT2D eigenvalue weighted by Crippen LogP contribution is -2.08. The van der Waals surface area contributed by atoms with Gasteiger partial charge < -0.3 is 23.0 Å². The number of furan rings is 1. The second kappa shape index (κ2) is 8.44. The molecule has 0 radical (unpaired) electrons. The minimum atomic E-state index is -0.642. The van der Waals surface area contributed by atoms with E-state index < -0.39 is 11.6 Å². The van der Waals surface area contributed by atoms with E-state index in [9.17, 15) is 9.59 Å². The molecule has 5 rings (SSSR count). The van der Waals surface area contributed by atoms with Crippen molar-refractivity contribution in [3.63, 3.8) is 0 Å². The van der Waals surface area contributed by atoms with Crippen LogP contribution in [0.25, 0.3) is 33.1 Å². The summed E-state index contributed by atoms with van der Waals surface area (Å²) in [5.41, 5.74) is 2.18. The Hall–Kier alpha value is -4.52. The molecule has 7 nitrogen and oxygen atoms in total. The van der Waals surface area contributed by atoms with Crippen LogP contribution in [0.4, 0.5) is 0 Å². The van der Waals surface area contributed by atoms with Gasteiger partial charge in [-0.1, -0.05) is 24.3 Å². The van der Waals surface area contributed by atoms with Crippen LogP contribution in [-0.2, 0) is 0 Å². The molecule has 0 aliphatic rings. The van der Waals surface area contributed by atoms with Crippen LogP contribution in [-0.4, -0.2) is 20.2 Å². The molecule has 34 heavy (non-hydrogen) atoms. The van der Waals surface area contributed by atoms with Gasteiger partial charge in [0.2, 0.25) is 5.76 Å². The highest BCUT2D eigenvalue weighted by Gasteiger charge is 2.18. The first-order valence-corrected chi connectivity index (χ1v) is 10.5. The van der Waals surface area contributed by atoms with Gasteiger partial charge in [0, 0.05) is 16.8 Å². The number of hydrogen-bond acceptors (Lipinski definition) is 7. The molecular formula is C27H20O7. The number of methoxy groups -OCH3 is 2. The summed E-state index contributed by atoms with van der Waals surface area (Å²) in [4.78, 5) is 25.5. The predicted molar refractivity (Wildman–Crippen MR) is 127 cm³/mol. The first-order chi connectivity index (χ1) is 16.5. The average Bonchev–Trinajstić information content (AvgIpc) is 3.28. The summed E-state index contributed by atoms with van der Waals surface area (Å²) in [6.45, 7) is 1.84. The monoisotopic (exact) mass is 456 g/mol. The Morgan fingerprint density at radius 1 is 0.824 bits per heavy atom. The lowest BCUT2D eigenvalue weighted by atomic mass is 9.99. The van der Waals surface area contributed by atoms with Gasteiger partial charge in [-0.2, -0.15) is 0 Å². The van der Waals surface area contributed by atoms with Crippen molar-refractivity contribution in [3.05, 3.63) is 88.5 Å². The van der Waals surface area contributed by atoms with Crippen molar-refractivity contribution in [2.75, 3.05) is 14.2 Å². The van der Waals surface area contributed by atoms with Gasteiger partial charge in [0.1, 0.15) is 16.9 Å². The van der Waals surface area contributed by atoms with Crippen molar-refractivity contribution in [1.29, 1.82) is 0 Å². The number of benzene rings is 3. The zero-order valence-corrected chi connectivity index (χ0v) is 18.7. The first kappa shape index (κ1) is 21.3. The van der Waals surface area contributed by atoms with Crippen molar-refractivity contribution >= 4 is 27.9 Å². The van der Waals surface area contributed by atoms with E-state index in [-0.39, 0.29) is 11.5 Å². The van der Waals surface area contributed by atoms with E-state index in [0.717, 1.165) is 10.9 Å². The standard InChI is InChI=1S/C27H20O7/c1-15-19-10-9-18(32-26(28)24-12-16-6-4-5-7-20(16)33-24)14-22(19)34-27(29)25(15)17-8-11-21(30-2)23(13-17)31-3/h4-14H,1-3H3. The number of fused-ring (bicyclic) bond motifs is 2. The fraction of sp³-hybridized carbons (Fsp3) is 0.111. The van der Waals surface area contributed by atoms with Crippen LogP contribution in [0.5, 0.6) is 17.2 Å². The summed E-state index contributed by atoms with van der Waals surface area (Å²) in [5, 5.41) is 1.52. The number of aryl methyl sites for hydroxylation is 1. The maximum absolute atomic E-state index is 12.9. The van der Waals surface area contributed by atoms with Gasteiger partial charge in [-0.15, -0.1) is 0 Å². The molecule has 0 aliphatic heterocycles. The Kier molecular flexibility index (Phi) is 5.30. The molecule has 0 saturated carbocycles. The molecule has 170 valence electrons. The van der Waals surface area contributed by atoms with Gasteiger partial charge in [0.15, 0.2) is 11.5 Å². The van der Waals surface area contributed by atoms with Crippen LogP contribution in [0, 0.1) is 6.92 Å². The second-order valence-electron chi connectivity index (χ2n) is 7.66. The van der Waals surface area contributed by atoms with E-state index in [1.165, 1.54) is 13.2 Å². The Morgan fingerprint density at radius 2 is 1.62 bits per heavy atom. The highest BCUT2D eigenvalue weighted by molar-refractivity contribution is 5.94. The fourth-order valence-corrected chi connectivity index (χ4v) is 3.96. The van der Waals surface area contributed by atoms with Crippen LogP contribution in [0.2, 0.25) is 0 Å². The molecular weight excluding hydrogens is 436 g/mol. The fourth-order valence-electron chi connectivity index (χ4n) is 3.96. The molecule has 2 heterocycles. The van der Waals surface area contributed by atoms with Gasteiger partial charge in [0.05, 0.1) is 19.8 Å². The molecule has 2 aromatic heterocycles. The average molecular weight is 456 g/mol. The smallest absolute Gasteiger partial charge is 0.379 e. The van der Waals surface area contributed by atoms with Crippen LogP contribution >= 0.6 is 0 Å². The number of carbonyl (C=O) groups excluding carboxylic acids is 1. The molecule has 5 aromatic rings. The van der Waals surface area contributed by atoms with E-state index in [1.807, 2.05) is 25.1 Å². The van der Waals surface area contributed by atoms with Crippen LogP contribution in [0.3, 0.4) is 0 Å². The maximum atomic E-state index is 12.9. The second-order valence-corrected chi connectivity index (χ2v) is 7.66. The molecule has 0 unspecified atom stereocenters. The third-order valence-electron chi connectivity index (χ3n) is 5.65. The molecule has 0 amide bonds. The number of esters is 1. The molecule has 0 aliphatic carbocycles. The normalized spacial score (nSPS) is 11.0. The van der Waals surface area contributed by atoms with Gasteiger partial charge in [0.25, 0.3) is 0 Å². The summed E-state index contributed by atoms with van der Waals surface area (Å²) in [7, 11) is 3.08. The summed E-state index contributed by atoms with van der Waals surface area (Å²) < 4.78 is 27.3. The van der Waals surface area contributed by atoms with E-state index >= 15 is 0 Å². The largest absolute Gasteiger partial charge is 0.493 e. The van der Waals surface area contributed by atoms with Crippen LogP contribution < -0.4 is 19.8 Å². The third-order valence-corrected chi connectivity index (χ3v) is 5.65. The first-order valence-electron chi connectivity index (χ1n) is 10.5. The quantitative estimate of drug-likeness (QED) is 0.189. The summed E-state index contributed by atoms with van der Waals surface area (Å²) in [6, 6.07) is 19.1. The number of para-hydroxylation sites is 1. The molecule has 0 spiro atoms. The highest BCUT2D eigenvalue weighted by Crippen LogP contribution is 2.34. The molecule has 0 bridgehead atoms. The number of rotatable bonds is 5. The summed E-state index contributed by atoms with van der Waals surface area (Å²) in [5.74, 6) is 0.746. The van der Waals surface area contributed by atoms with Crippen molar-refractivity contribution in [3.8, 4) is 28.4 Å². The van der Waals surface area contributed by atoms with Gasteiger partial charge in [-0.05, 0) is 54.4 Å². The van der Waals surface area contributed by atoms with Crippen molar-refractivity contribution in [1.82, 2.24) is 0 Å². The number of ether oxygens (including phenoxy) is 3. The van der Waals surface area contributed by atoms with Crippen molar-refractivity contribution in [2.45, 2.75) is 6.92 Å². The summed E-state index contributed by atoms with van der Waals surface area (Å²) >= 11 is 0. The predicted octanol–water partition coefficient (Wildman–Crippen LogP) is 5.75. The van der Waals surface area contributed by atoms with Crippen molar-refractivity contribution in [2.24, 2.45) is 0 Å². The van der Waals surface area contributed by atoms with Crippen molar-refractivity contribution < 1.29 is 27.8 Å². The Labute approximate surface area is 194 Å². The topological polar surface area (TPSA) is 88.1 Å².